The highest BCUT2D eigenvalue weighted by Gasteiger charge is 2.18. The van der Waals surface area contributed by atoms with Gasteiger partial charge in [0.05, 0.1) is 0 Å². The zero-order chi connectivity index (χ0) is 15.7. The molecular formula is C11H20N4O5. The highest BCUT2D eigenvalue weighted by Crippen LogP contribution is 1.90. The van der Waals surface area contributed by atoms with Crippen molar-refractivity contribution in [3.05, 3.63) is 0 Å². The second-order valence-corrected chi connectivity index (χ2v) is 4.42. The molecule has 0 heterocycles. The maximum atomic E-state index is 11.6. The molecule has 114 valence electrons. The normalized spacial score (nSPS) is 9.95. The molecule has 5 N–H and O–H groups in total. The molecule has 0 aliphatic heterocycles. The van der Waals surface area contributed by atoms with Gasteiger partial charge in [0, 0.05) is 19.0 Å². The van der Waals surface area contributed by atoms with Crippen LogP contribution in [0.3, 0.4) is 0 Å². The fourth-order valence-corrected chi connectivity index (χ4v) is 1.34. The summed E-state index contributed by atoms with van der Waals surface area (Å²) in [4.78, 5) is 45.0. The lowest BCUT2D eigenvalue weighted by atomic mass is 10.3. The van der Waals surface area contributed by atoms with Crippen LogP contribution in [0, 0.1) is 0 Å². The van der Waals surface area contributed by atoms with E-state index < -0.39 is 31.0 Å². The molecule has 0 fully saturated rings. The number of amides is 4. The number of urea groups is 1. The second kappa shape index (κ2) is 8.73. The highest BCUT2D eigenvalue weighted by molar-refractivity contribution is 5.86. The molecule has 0 saturated heterocycles. The summed E-state index contributed by atoms with van der Waals surface area (Å²) < 4.78 is 0. The van der Waals surface area contributed by atoms with E-state index in [2.05, 4.69) is 10.6 Å². The van der Waals surface area contributed by atoms with Crippen molar-refractivity contribution >= 4 is 23.8 Å². The Morgan fingerprint density at radius 3 is 2.25 bits per heavy atom. The summed E-state index contributed by atoms with van der Waals surface area (Å²) in [5.74, 6) is -2.32. The van der Waals surface area contributed by atoms with Crippen LogP contribution in [-0.4, -0.2) is 59.5 Å². The van der Waals surface area contributed by atoms with Crippen molar-refractivity contribution in [2.75, 3.05) is 19.6 Å². The van der Waals surface area contributed by atoms with Crippen LogP contribution in [0.1, 0.15) is 20.3 Å². The molecule has 0 aromatic rings. The number of nitrogens with one attached hydrogen (secondary N) is 2. The molecule has 20 heavy (non-hydrogen) atoms. The van der Waals surface area contributed by atoms with Gasteiger partial charge in [-0.25, -0.2) is 4.79 Å². The quantitative estimate of drug-likeness (QED) is 0.429. The van der Waals surface area contributed by atoms with Crippen LogP contribution in [0.15, 0.2) is 0 Å². The molecule has 0 aromatic carbocycles. The van der Waals surface area contributed by atoms with Crippen LogP contribution in [0.2, 0.25) is 0 Å². The smallest absolute Gasteiger partial charge is 0.323 e. The highest BCUT2D eigenvalue weighted by atomic mass is 16.4. The Bertz CT molecular complexity index is 367. The number of nitrogens with two attached hydrogens (primary N) is 1. The Hall–Kier alpha value is -2.32. The minimum atomic E-state index is -1.26. The number of primary amides is 1. The van der Waals surface area contributed by atoms with Gasteiger partial charge in [-0.05, 0) is 13.8 Å². The summed E-state index contributed by atoms with van der Waals surface area (Å²) in [6.45, 7) is 2.49. The summed E-state index contributed by atoms with van der Waals surface area (Å²) >= 11 is 0. The van der Waals surface area contributed by atoms with Gasteiger partial charge in [0.15, 0.2) is 0 Å². The predicted molar refractivity (Wildman–Crippen MR) is 69.7 cm³/mol. The number of rotatable bonds is 8. The third-order valence-electron chi connectivity index (χ3n) is 2.04. The van der Waals surface area contributed by atoms with E-state index in [-0.39, 0.29) is 24.9 Å². The second-order valence-electron chi connectivity index (χ2n) is 4.42. The molecule has 0 atom stereocenters. The third-order valence-corrected chi connectivity index (χ3v) is 2.04. The average Bonchev–Trinajstić information content (AvgIpc) is 2.25. The van der Waals surface area contributed by atoms with E-state index >= 15 is 0 Å². The van der Waals surface area contributed by atoms with Crippen molar-refractivity contribution < 1.29 is 24.3 Å². The van der Waals surface area contributed by atoms with Crippen molar-refractivity contribution in [2.24, 2.45) is 5.73 Å². The number of carboxylic acid groups (broad SMARTS) is 1. The van der Waals surface area contributed by atoms with E-state index in [4.69, 9.17) is 10.8 Å². The molecule has 9 nitrogen and oxygen atoms in total. The fraction of sp³-hybridized carbons (Fsp3) is 0.636. The zero-order valence-corrected chi connectivity index (χ0v) is 11.5. The molecule has 0 saturated carbocycles. The van der Waals surface area contributed by atoms with Gasteiger partial charge in [-0.15, -0.1) is 0 Å². The van der Waals surface area contributed by atoms with Gasteiger partial charge in [-0.1, -0.05) is 0 Å². The van der Waals surface area contributed by atoms with E-state index in [0.29, 0.717) is 0 Å². The largest absolute Gasteiger partial charge is 0.480 e. The van der Waals surface area contributed by atoms with Gasteiger partial charge in [0.25, 0.3) is 0 Å². The van der Waals surface area contributed by atoms with E-state index in [9.17, 15) is 19.2 Å². The van der Waals surface area contributed by atoms with Crippen molar-refractivity contribution in [3.63, 3.8) is 0 Å². The van der Waals surface area contributed by atoms with Crippen molar-refractivity contribution in [1.82, 2.24) is 15.5 Å². The van der Waals surface area contributed by atoms with Crippen molar-refractivity contribution in [3.8, 4) is 0 Å². The number of hydrogen-bond donors (Lipinski definition) is 4. The van der Waals surface area contributed by atoms with E-state index in [1.165, 1.54) is 0 Å². The lowest BCUT2D eigenvalue weighted by Crippen LogP contribution is -2.47. The maximum absolute atomic E-state index is 11.6. The van der Waals surface area contributed by atoms with Gasteiger partial charge < -0.3 is 26.4 Å². The van der Waals surface area contributed by atoms with Crippen LogP contribution in [-0.2, 0) is 14.4 Å². The summed E-state index contributed by atoms with van der Waals surface area (Å²) in [6.07, 6.45) is 0.0569. The predicted octanol–water partition coefficient (Wildman–Crippen LogP) is -1.52. The molecule has 9 heteroatoms. The average molecular weight is 288 g/mol. The standard InChI is InChI=1S/C11H20N4O5/c1-7(2)14-9(17)3-4-13-11(20)15(5-8(12)16)6-10(18)19/h7H,3-6H2,1-2H3,(H2,12,16)(H,13,20)(H,14,17)(H,18,19). The molecule has 0 unspecified atom stereocenters. The van der Waals surface area contributed by atoms with Crippen molar-refractivity contribution in [2.45, 2.75) is 26.3 Å². The lowest BCUT2D eigenvalue weighted by molar-refractivity contribution is -0.137. The Balaban J connectivity index is 4.22. The maximum Gasteiger partial charge on any atom is 0.323 e. The van der Waals surface area contributed by atoms with Crippen LogP contribution in [0.4, 0.5) is 4.79 Å². The molecule has 0 aromatic heterocycles. The molecule has 0 rings (SSSR count). The number of aliphatic carboxylic acids is 1. The van der Waals surface area contributed by atoms with Gasteiger partial charge in [-0.3, -0.25) is 14.4 Å². The van der Waals surface area contributed by atoms with Gasteiger partial charge >= 0.3 is 12.0 Å². The first kappa shape index (κ1) is 17.7. The minimum absolute atomic E-state index is 0.00317. The fourth-order valence-electron chi connectivity index (χ4n) is 1.34. The number of hydrogen-bond acceptors (Lipinski definition) is 4. The Morgan fingerprint density at radius 1 is 1.20 bits per heavy atom. The molecule has 0 radical (unpaired) electrons. The monoisotopic (exact) mass is 288 g/mol. The van der Waals surface area contributed by atoms with E-state index in [1.54, 1.807) is 13.8 Å². The number of carbonyl (C=O) groups is 4. The molecule has 0 spiro atoms. The van der Waals surface area contributed by atoms with Gasteiger partial charge in [0.2, 0.25) is 11.8 Å². The van der Waals surface area contributed by atoms with Crippen molar-refractivity contribution in [1.29, 1.82) is 0 Å². The van der Waals surface area contributed by atoms with E-state index in [0.717, 1.165) is 4.90 Å². The molecule has 0 bridgehead atoms. The minimum Gasteiger partial charge on any atom is -0.480 e. The number of carboxylic acids is 1. The Morgan fingerprint density at radius 2 is 1.80 bits per heavy atom. The molecular weight excluding hydrogens is 268 g/mol. The first-order valence-electron chi connectivity index (χ1n) is 6.04. The number of nitrogens with zero attached hydrogens (tertiary/aromatic N) is 1. The van der Waals surface area contributed by atoms with Crippen LogP contribution >= 0.6 is 0 Å². The van der Waals surface area contributed by atoms with Crippen LogP contribution in [0.25, 0.3) is 0 Å². The number of carbonyl (C=O) groups excluding carboxylic acids is 3. The first-order chi connectivity index (χ1) is 9.22. The van der Waals surface area contributed by atoms with Crippen LogP contribution < -0.4 is 16.4 Å². The van der Waals surface area contributed by atoms with Crippen LogP contribution in [0.5, 0.6) is 0 Å². The SMILES string of the molecule is CC(C)NC(=O)CCNC(=O)N(CC(N)=O)CC(=O)O. The summed E-state index contributed by atoms with van der Waals surface area (Å²) in [6, 6.07) is -0.764. The Kier molecular flexibility index (Phi) is 7.71. The summed E-state index contributed by atoms with van der Waals surface area (Å²) in [5, 5.41) is 13.6. The van der Waals surface area contributed by atoms with Gasteiger partial charge in [-0.2, -0.15) is 0 Å². The molecule has 0 aliphatic rings. The summed E-state index contributed by atoms with van der Waals surface area (Å²) in [7, 11) is 0. The first-order valence-corrected chi connectivity index (χ1v) is 6.04. The zero-order valence-electron chi connectivity index (χ0n) is 11.5. The topological polar surface area (TPSA) is 142 Å². The van der Waals surface area contributed by atoms with E-state index in [1.807, 2.05) is 0 Å². The van der Waals surface area contributed by atoms with Gasteiger partial charge in [0.1, 0.15) is 13.1 Å². The molecule has 4 amide bonds. The molecule has 0 aliphatic carbocycles. The third kappa shape index (κ3) is 8.72. The Labute approximate surface area is 116 Å². The summed E-state index contributed by atoms with van der Waals surface area (Å²) in [5.41, 5.74) is 4.92. The lowest BCUT2D eigenvalue weighted by Gasteiger charge is -2.19.